The van der Waals surface area contributed by atoms with E-state index in [1.807, 2.05) is 31.5 Å². The molecule has 0 spiro atoms. The lowest BCUT2D eigenvalue weighted by Gasteiger charge is -2.12. The van der Waals surface area contributed by atoms with Gasteiger partial charge in [0, 0.05) is 10.6 Å². The molecule has 0 unspecified atom stereocenters. The standard InChI is InChI=1S/C23H27N3O4S/c1-4-11-29-23(28)20-17-7-5-6-8-19(17)31-22(20)24-21(27)18-10-9-16(30-18)13-26-15(3)12-14(2)25-26/h9-10,12H,4-8,11,13H2,1-3H3,(H,24,27). The minimum atomic E-state index is -0.372. The van der Waals surface area contributed by atoms with E-state index in [4.69, 9.17) is 9.15 Å². The van der Waals surface area contributed by atoms with Crippen molar-refractivity contribution in [2.75, 3.05) is 11.9 Å². The molecule has 0 bridgehead atoms. The van der Waals surface area contributed by atoms with Crippen LogP contribution in [0, 0.1) is 13.8 Å². The van der Waals surface area contributed by atoms with Crippen LogP contribution in [0.5, 0.6) is 0 Å². The zero-order valence-electron chi connectivity index (χ0n) is 18.1. The van der Waals surface area contributed by atoms with Crippen LogP contribution in [-0.4, -0.2) is 28.3 Å². The molecule has 1 amide bonds. The number of aryl methyl sites for hydroxylation is 3. The molecule has 3 heterocycles. The third-order valence-corrected chi connectivity index (χ3v) is 6.54. The first-order valence-corrected chi connectivity index (χ1v) is 11.5. The number of fused-ring (bicyclic) bond motifs is 1. The van der Waals surface area contributed by atoms with Gasteiger partial charge in [-0.25, -0.2) is 4.79 Å². The third kappa shape index (κ3) is 4.58. The fourth-order valence-corrected chi connectivity index (χ4v) is 5.14. The lowest BCUT2D eigenvalue weighted by molar-refractivity contribution is 0.0505. The molecular formula is C23H27N3O4S. The molecule has 1 N–H and O–H groups in total. The number of furan rings is 1. The Kier molecular flexibility index (Phi) is 6.27. The minimum absolute atomic E-state index is 0.204. The van der Waals surface area contributed by atoms with E-state index in [-0.39, 0.29) is 17.6 Å². The number of hydrogen-bond donors (Lipinski definition) is 1. The molecular weight excluding hydrogens is 414 g/mol. The Hall–Kier alpha value is -2.87. The molecule has 8 heteroatoms. The minimum Gasteiger partial charge on any atom is -0.462 e. The predicted octanol–water partition coefficient (Wildman–Crippen LogP) is 4.90. The van der Waals surface area contributed by atoms with Crippen molar-refractivity contribution in [2.24, 2.45) is 0 Å². The summed E-state index contributed by atoms with van der Waals surface area (Å²) in [6, 6.07) is 5.43. The van der Waals surface area contributed by atoms with Gasteiger partial charge in [0.25, 0.3) is 5.91 Å². The molecule has 0 atom stereocenters. The van der Waals surface area contributed by atoms with E-state index in [1.165, 1.54) is 11.3 Å². The predicted molar refractivity (Wildman–Crippen MR) is 119 cm³/mol. The summed E-state index contributed by atoms with van der Waals surface area (Å²) in [7, 11) is 0. The lowest BCUT2D eigenvalue weighted by Crippen LogP contribution is -2.15. The van der Waals surface area contributed by atoms with Gasteiger partial charge in [0.1, 0.15) is 10.8 Å². The van der Waals surface area contributed by atoms with Gasteiger partial charge in [-0.15, -0.1) is 11.3 Å². The number of hydrogen-bond acceptors (Lipinski definition) is 6. The summed E-state index contributed by atoms with van der Waals surface area (Å²) in [5.74, 6) is 0.115. The Morgan fingerprint density at radius 2 is 2.06 bits per heavy atom. The molecule has 3 aromatic rings. The summed E-state index contributed by atoms with van der Waals surface area (Å²) < 4.78 is 13.0. The van der Waals surface area contributed by atoms with Crippen molar-refractivity contribution in [3.8, 4) is 0 Å². The number of aromatic nitrogens is 2. The highest BCUT2D eigenvalue weighted by atomic mass is 32.1. The highest BCUT2D eigenvalue weighted by Gasteiger charge is 2.28. The van der Waals surface area contributed by atoms with Crippen molar-refractivity contribution in [1.82, 2.24) is 9.78 Å². The molecule has 4 rings (SSSR count). The summed E-state index contributed by atoms with van der Waals surface area (Å²) in [6.45, 7) is 6.70. The number of nitrogens with one attached hydrogen (secondary N) is 1. The Morgan fingerprint density at radius 1 is 1.26 bits per heavy atom. The largest absolute Gasteiger partial charge is 0.462 e. The van der Waals surface area contributed by atoms with E-state index in [2.05, 4.69) is 10.4 Å². The number of carbonyl (C=O) groups is 2. The lowest BCUT2D eigenvalue weighted by atomic mass is 9.95. The summed E-state index contributed by atoms with van der Waals surface area (Å²) in [5.41, 5.74) is 3.50. The Morgan fingerprint density at radius 3 is 2.81 bits per heavy atom. The maximum Gasteiger partial charge on any atom is 0.341 e. The molecule has 0 saturated heterocycles. The van der Waals surface area contributed by atoms with Crippen molar-refractivity contribution in [3.63, 3.8) is 0 Å². The van der Waals surface area contributed by atoms with Gasteiger partial charge >= 0.3 is 5.97 Å². The van der Waals surface area contributed by atoms with E-state index in [0.717, 1.165) is 53.9 Å². The van der Waals surface area contributed by atoms with Crippen LogP contribution in [0.3, 0.4) is 0 Å². The molecule has 0 fully saturated rings. The average Bonchev–Trinajstić information content (AvgIpc) is 3.43. The van der Waals surface area contributed by atoms with Crippen LogP contribution in [0.4, 0.5) is 5.00 Å². The SMILES string of the molecule is CCCOC(=O)c1c(NC(=O)c2ccc(Cn3nc(C)cc3C)o2)sc2c1CCCC2. The van der Waals surface area contributed by atoms with E-state index in [0.29, 0.717) is 29.5 Å². The van der Waals surface area contributed by atoms with E-state index in [9.17, 15) is 9.59 Å². The topological polar surface area (TPSA) is 86.4 Å². The highest BCUT2D eigenvalue weighted by Crippen LogP contribution is 2.38. The van der Waals surface area contributed by atoms with Gasteiger partial charge in [-0.1, -0.05) is 6.92 Å². The van der Waals surface area contributed by atoms with Crippen molar-refractivity contribution < 1.29 is 18.7 Å². The molecule has 1 aliphatic carbocycles. The Balaban J connectivity index is 1.53. The Labute approximate surface area is 185 Å². The number of anilines is 1. The molecule has 1 aliphatic rings. The maximum absolute atomic E-state index is 12.9. The number of thiophene rings is 1. The first-order chi connectivity index (χ1) is 15.0. The molecule has 31 heavy (non-hydrogen) atoms. The third-order valence-electron chi connectivity index (χ3n) is 5.33. The van der Waals surface area contributed by atoms with Crippen LogP contribution in [-0.2, 0) is 24.1 Å². The second-order valence-corrected chi connectivity index (χ2v) is 8.96. The molecule has 0 aromatic carbocycles. The van der Waals surface area contributed by atoms with Gasteiger partial charge in [-0.05, 0) is 69.7 Å². The summed E-state index contributed by atoms with van der Waals surface area (Å²) in [5, 5.41) is 7.87. The van der Waals surface area contributed by atoms with Crippen molar-refractivity contribution in [3.05, 3.63) is 57.1 Å². The smallest absolute Gasteiger partial charge is 0.341 e. The van der Waals surface area contributed by atoms with Gasteiger partial charge in [0.2, 0.25) is 0 Å². The molecule has 3 aromatic heterocycles. The molecule has 164 valence electrons. The van der Waals surface area contributed by atoms with Crippen LogP contribution in [0.1, 0.15) is 74.7 Å². The van der Waals surface area contributed by atoms with Gasteiger partial charge in [0.15, 0.2) is 5.76 Å². The number of esters is 1. The van der Waals surface area contributed by atoms with Crippen LogP contribution in [0.2, 0.25) is 0 Å². The number of ether oxygens (including phenoxy) is 1. The summed E-state index contributed by atoms with van der Waals surface area (Å²) in [6.07, 6.45) is 4.66. The summed E-state index contributed by atoms with van der Waals surface area (Å²) in [4.78, 5) is 26.8. The quantitative estimate of drug-likeness (QED) is 0.527. The first-order valence-electron chi connectivity index (χ1n) is 10.7. The molecule has 0 radical (unpaired) electrons. The van der Waals surface area contributed by atoms with Crippen molar-refractivity contribution in [2.45, 2.75) is 59.4 Å². The van der Waals surface area contributed by atoms with Gasteiger partial charge in [-0.2, -0.15) is 5.10 Å². The Bertz CT molecular complexity index is 1110. The molecule has 7 nitrogen and oxygen atoms in total. The number of nitrogens with zero attached hydrogens (tertiary/aromatic N) is 2. The van der Waals surface area contributed by atoms with Crippen LogP contribution < -0.4 is 5.32 Å². The molecule has 0 aliphatic heterocycles. The van der Waals surface area contributed by atoms with E-state index < -0.39 is 0 Å². The van der Waals surface area contributed by atoms with Gasteiger partial charge in [-0.3, -0.25) is 9.48 Å². The van der Waals surface area contributed by atoms with E-state index in [1.54, 1.807) is 12.1 Å². The zero-order chi connectivity index (χ0) is 22.0. The molecule has 0 saturated carbocycles. The number of carbonyl (C=O) groups excluding carboxylic acids is 2. The highest BCUT2D eigenvalue weighted by molar-refractivity contribution is 7.17. The van der Waals surface area contributed by atoms with Crippen LogP contribution in [0.25, 0.3) is 0 Å². The summed E-state index contributed by atoms with van der Waals surface area (Å²) >= 11 is 1.47. The number of rotatable bonds is 7. The average molecular weight is 442 g/mol. The first kappa shape index (κ1) is 21.4. The maximum atomic E-state index is 12.9. The normalized spacial score (nSPS) is 13.1. The van der Waals surface area contributed by atoms with E-state index >= 15 is 0 Å². The van der Waals surface area contributed by atoms with Gasteiger partial charge < -0.3 is 14.5 Å². The fourth-order valence-electron chi connectivity index (χ4n) is 3.87. The number of amides is 1. The zero-order valence-corrected chi connectivity index (χ0v) is 18.9. The second kappa shape index (κ2) is 9.09. The van der Waals surface area contributed by atoms with Gasteiger partial charge in [0.05, 0.1) is 24.4 Å². The fraction of sp³-hybridized carbons (Fsp3) is 0.435. The van der Waals surface area contributed by atoms with Crippen LogP contribution in [0.15, 0.2) is 22.6 Å². The van der Waals surface area contributed by atoms with Crippen molar-refractivity contribution >= 4 is 28.2 Å². The monoisotopic (exact) mass is 441 g/mol. The van der Waals surface area contributed by atoms with Crippen molar-refractivity contribution in [1.29, 1.82) is 0 Å². The second-order valence-electron chi connectivity index (χ2n) is 7.86. The van der Waals surface area contributed by atoms with Crippen LogP contribution >= 0.6 is 11.3 Å².